The molecule has 3 heterocycles. The highest BCUT2D eigenvalue weighted by Crippen LogP contribution is 2.42. The SMILES string of the molecule is C[C@H]1[C@@H](CN2CCN(Cc3ccccc3)CC2)O[C@@H](c2ccc(-c3ccccc3CNC(=O)c3cccnc3)cc2)O[C@H]1c1ccc(CO)cc1. The summed E-state index contributed by atoms with van der Waals surface area (Å²) in [5, 5.41) is 12.7. The number of nitrogens with one attached hydrogen (secondary N) is 1. The number of ether oxygens (including phenoxy) is 2. The third-order valence-electron chi connectivity index (χ3n) is 10.1. The molecule has 0 saturated carbocycles. The molecule has 0 spiro atoms. The third-order valence-corrected chi connectivity index (χ3v) is 10.1. The lowest BCUT2D eigenvalue weighted by Gasteiger charge is -2.44. The summed E-state index contributed by atoms with van der Waals surface area (Å²) in [4.78, 5) is 21.8. The summed E-state index contributed by atoms with van der Waals surface area (Å²) < 4.78 is 13.6. The number of carbonyl (C=O) groups excluding carboxylic acids is 1. The Kier molecular flexibility index (Phi) is 11.3. The Labute approximate surface area is 300 Å². The van der Waals surface area contributed by atoms with E-state index in [1.807, 2.05) is 30.3 Å². The van der Waals surface area contributed by atoms with E-state index in [1.54, 1.807) is 24.5 Å². The Bertz CT molecular complexity index is 1850. The Morgan fingerprint density at radius 2 is 1.49 bits per heavy atom. The summed E-state index contributed by atoms with van der Waals surface area (Å²) in [6, 6.07) is 38.8. The van der Waals surface area contributed by atoms with Gasteiger partial charge >= 0.3 is 0 Å². The molecule has 1 aromatic heterocycles. The first-order valence-corrected chi connectivity index (χ1v) is 17.9. The van der Waals surface area contributed by atoms with Gasteiger partial charge in [0.2, 0.25) is 0 Å². The zero-order chi connectivity index (χ0) is 35.0. The minimum Gasteiger partial charge on any atom is -0.392 e. The average molecular weight is 683 g/mol. The predicted octanol–water partition coefficient (Wildman–Crippen LogP) is 6.78. The topological polar surface area (TPSA) is 87.2 Å². The van der Waals surface area contributed by atoms with Crippen molar-refractivity contribution in [2.75, 3.05) is 32.7 Å². The fraction of sp³-hybridized carbons (Fsp3) is 0.302. The molecule has 2 aliphatic rings. The number of pyridine rings is 1. The first-order chi connectivity index (χ1) is 25.0. The molecular weight excluding hydrogens is 636 g/mol. The van der Waals surface area contributed by atoms with Gasteiger partial charge in [0.1, 0.15) is 0 Å². The number of hydrogen-bond donors (Lipinski definition) is 2. The number of amides is 1. The van der Waals surface area contributed by atoms with Crippen LogP contribution >= 0.6 is 0 Å². The van der Waals surface area contributed by atoms with Crippen molar-refractivity contribution < 1.29 is 19.4 Å². The van der Waals surface area contributed by atoms with E-state index in [9.17, 15) is 9.90 Å². The van der Waals surface area contributed by atoms with Gasteiger partial charge in [-0.2, -0.15) is 0 Å². The Balaban J connectivity index is 1.06. The number of benzene rings is 4. The Morgan fingerprint density at radius 3 is 2.22 bits per heavy atom. The van der Waals surface area contributed by atoms with Gasteiger partial charge in [0.25, 0.3) is 5.91 Å². The molecule has 2 N–H and O–H groups in total. The van der Waals surface area contributed by atoms with E-state index in [0.717, 1.165) is 72.6 Å². The standard InChI is InChI=1S/C43H46N4O4/c1-31-40(29-47-24-22-46(23-25-47)28-32-8-3-2-4-9-32)50-43(51-41(31)35-15-13-33(30-48)14-16-35)36-19-17-34(18-20-36)39-12-6-5-10-37(39)27-45-42(49)38-11-7-21-44-26-38/h2-21,26,31,40-41,43,48H,22-25,27-30H2,1H3,(H,45,49)/t31-,40+,41+,43+/m0/s1. The second-order valence-electron chi connectivity index (χ2n) is 13.6. The molecule has 262 valence electrons. The zero-order valence-corrected chi connectivity index (χ0v) is 29.1. The van der Waals surface area contributed by atoms with Crippen LogP contribution in [0.3, 0.4) is 0 Å². The Morgan fingerprint density at radius 1 is 0.784 bits per heavy atom. The van der Waals surface area contributed by atoms with E-state index < -0.39 is 6.29 Å². The third kappa shape index (κ3) is 8.61. The molecule has 4 aromatic carbocycles. The first kappa shape index (κ1) is 34.7. The van der Waals surface area contributed by atoms with Crippen LogP contribution in [-0.4, -0.2) is 64.6 Å². The van der Waals surface area contributed by atoms with Crippen molar-refractivity contribution in [1.29, 1.82) is 0 Å². The number of nitrogens with zero attached hydrogens (tertiary/aromatic N) is 3. The second-order valence-corrected chi connectivity index (χ2v) is 13.6. The summed E-state index contributed by atoms with van der Waals surface area (Å²) in [5.74, 6) is -0.0325. The van der Waals surface area contributed by atoms with Gasteiger partial charge in [-0.05, 0) is 45.5 Å². The molecule has 2 saturated heterocycles. The minimum atomic E-state index is -0.531. The fourth-order valence-electron chi connectivity index (χ4n) is 7.10. The number of aliphatic hydroxyl groups is 1. The number of aromatic nitrogens is 1. The second kappa shape index (κ2) is 16.5. The summed E-state index contributed by atoms with van der Waals surface area (Å²) in [5.41, 5.74) is 7.95. The zero-order valence-electron chi connectivity index (χ0n) is 29.1. The molecule has 0 aliphatic carbocycles. The van der Waals surface area contributed by atoms with Gasteiger partial charge in [0, 0.05) is 69.7 Å². The van der Waals surface area contributed by atoms with Crippen molar-refractivity contribution >= 4 is 5.91 Å². The number of rotatable bonds is 11. The van der Waals surface area contributed by atoms with Crippen LogP contribution in [0.5, 0.6) is 0 Å². The summed E-state index contributed by atoms with van der Waals surface area (Å²) in [7, 11) is 0. The van der Waals surface area contributed by atoms with Crippen LogP contribution in [0.2, 0.25) is 0 Å². The van der Waals surface area contributed by atoms with Crippen LogP contribution in [-0.2, 0) is 29.2 Å². The highest BCUT2D eigenvalue weighted by atomic mass is 16.7. The van der Waals surface area contributed by atoms with Crippen molar-refractivity contribution in [1.82, 2.24) is 20.1 Å². The lowest BCUT2D eigenvalue weighted by Crippen LogP contribution is -2.51. The highest BCUT2D eigenvalue weighted by molar-refractivity contribution is 5.93. The maximum Gasteiger partial charge on any atom is 0.253 e. The van der Waals surface area contributed by atoms with Crippen LogP contribution in [0.4, 0.5) is 0 Å². The van der Waals surface area contributed by atoms with Crippen molar-refractivity contribution in [2.24, 2.45) is 5.92 Å². The molecule has 2 fully saturated rings. The molecule has 8 heteroatoms. The van der Waals surface area contributed by atoms with Gasteiger partial charge in [-0.3, -0.25) is 19.6 Å². The predicted molar refractivity (Wildman–Crippen MR) is 198 cm³/mol. The van der Waals surface area contributed by atoms with E-state index in [2.05, 4.69) is 99.8 Å². The average Bonchev–Trinajstić information content (AvgIpc) is 3.19. The van der Waals surface area contributed by atoms with Crippen LogP contribution in [0.1, 0.15) is 57.5 Å². The van der Waals surface area contributed by atoms with Crippen LogP contribution in [0, 0.1) is 5.92 Å². The number of carbonyl (C=O) groups is 1. The van der Waals surface area contributed by atoms with Crippen molar-refractivity contribution in [3.63, 3.8) is 0 Å². The largest absolute Gasteiger partial charge is 0.392 e. The highest BCUT2D eigenvalue weighted by Gasteiger charge is 2.39. The smallest absolute Gasteiger partial charge is 0.253 e. The molecule has 8 nitrogen and oxygen atoms in total. The number of piperazine rings is 1. The van der Waals surface area contributed by atoms with Crippen molar-refractivity contribution in [3.05, 3.63) is 161 Å². The quantitative estimate of drug-likeness (QED) is 0.159. The normalized spacial score (nSPS) is 21.3. The van der Waals surface area contributed by atoms with Crippen LogP contribution in [0.25, 0.3) is 11.1 Å². The molecule has 0 radical (unpaired) electrons. The van der Waals surface area contributed by atoms with Gasteiger partial charge in [-0.15, -0.1) is 0 Å². The lowest BCUT2D eigenvalue weighted by atomic mass is 9.89. The maximum atomic E-state index is 12.7. The van der Waals surface area contributed by atoms with E-state index in [4.69, 9.17) is 9.47 Å². The van der Waals surface area contributed by atoms with E-state index in [-0.39, 0.29) is 30.6 Å². The fourth-order valence-corrected chi connectivity index (χ4v) is 7.10. The van der Waals surface area contributed by atoms with Crippen LogP contribution < -0.4 is 5.32 Å². The van der Waals surface area contributed by atoms with Crippen molar-refractivity contribution in [2.45, 2.75) is 45.1 Å². The van der Waals surface area contributed by atoms with Gasteiger partial charge < -0.3 is 19.9 Å². The summed E-state index contributed by atoms with van der Waals surface area (Å²) in [6.07, 6.45) is 2.50. The Hall–Kier alpha value is -4.70. The van der Waals surface area contributed by atoms with Gasteiger partial charge in [-0.25, -0.2) is 0 Å². The molecule has 2 aliphatic heterocycles. The summed E-state index contributed by atoms with van der Waals surface area (Å²) in [6.45, 7) is 8.50. The van der Waals surface area contributed by atoms with Crippen molar-refractivity contribution in [3.8, 4) is 11.1 Å². The van der Waals surface area contributed by atoms with Crippen LogP contribution in [0.15, 0.2) is 128 Å². The molecule has 7 rings (SSSR count). The monoisotopic (exact) mass is 682 g/mol. The first-order valence-electron chi connectivity index (χ1n) is 17.9. The van der Waals surface area contributed by atoms with E-state index in [0.29, 0.717) is 12.1 Å². The molecule has 1 amide bonds. The number of hydrogen-bond acceptors (Lipinski definition) is 7. The van der Waals surface area contributed by atoms with Gasteiger partial charge in [0.05, 0.1) is 24.4 Å². The molecule has 4 atom stereocenters. The van der Waals surface area contributed by atoms with E-state index >= 15 is 0 Å². The maximum absolute atomic E-state index is 12.7. The van der Waals surface area contributed by atoms with Gasteiger partial charge in [-0.1, -0.05) is 110 Å². The molecule has 5 aromatic rings. The number of aliphatic hydroxyl groups excluding tert-OH is 1. The minimum absolute atomic E-state index is 0.0122. The molecule has 0 bridgehead atoms. The van der Waals surface area contributed by atoms with E-state index in [1.165, 1.54) is 5.56 Å². The molecule has 0 unspecified atom stereocenters. The van der Waals surface area contributed by atoms with Gasteiger partial charge in [0.15, 0.2) is 6.29 Å². The molecular formula is C43H46N4O4. The lowest BCUT2D eigenvalue weighted by molar-refractivity contribution is -0.276. The summed E-state index contributed by atoms with van der Waals surface area (Å²) >= 11 is 0. The molecule has 51 heavy (non-hydrogen) atoms.